The van der Waals surface area contributed by atoms with Gasteiger partial charge >= 0.3 is 5.97 Å². The maximum Gasteiger partial charge on any atom is 0.344 e. The van der Waals surface area contributed by atoms with E-state index in [1.54, 1.807) is 12.1 Å². The molecule has 1 aromatic rings. The molecule has 1 aromatic carbocycles. The summed E-state index contributed by atoms with van der Waals surface area (Å²) in [7, 11) is 0. The third kappa shape index (κ3) is 4.50. The Morgan fingerprint density at radius 3 is 2.92 bits per heavy atom. The number of esters is 1. The summed E-state index contributed by atoms with van der Waals surface area (Å²) in [5, 5.41) is 2.56. The van der Waals surface area contributed by atoms with Gasteiger partial charge in [0.05, 0.1) is 0 Å². The van der Waals surface area contributed by atoms with Gasteiger partial charge in [0.15, 0.2) is 24.2 Å². The van der Waals surface area contributed by atoms with Gasteiger partial charge < -0.3 is 19.5 Å². The first-order valence-corrected chi connectivity index (χ1v) is 7.84. The molecular formula is C18H23NO5. The molecule has 0 fully saturated rings. The number of fused-ring (bicyclic) bond motifs is 1. The van der Waals surface area contributed by atoms with E-state index in [1.807, 2.05) is 26.0 Å². The van der Waals surface area contributed by atoms with Crippen LogP contribution in [0.2, 0.25) is 0 Å². The lowest BCUT2D eigenvalue weighted by atomic mass is 10.0. The first-order valence-electron chi connectivity index (χ1n) is 7.84. The van der Waals surface area contributed by atoms with E-state index in [0.717, 1.165) is 12.0 Å². The highest BCUT2D eigenvalue weighted by atomic mass is 16.6. The van der Waals surface area contributed by atoms with Gasteiger partial charge in [0.2, 0.25) is 0 Å². The van der Waals surface area contributed by atoms with Crippen LogP contribution in [-0.2, 0) is 20.7 Å². The Bertz CT molecular complexity index is 638. The molecular weight excluding hydrogens is 310 g/mol. The summed E-state index contributed by atoms with van der Waals surface area (Å²) >= 11 is 0. The minimum atomic E-state index is -0.891. The quantitative estimate of drug-likeness (QED) is 0.610. The molecule has 0 aliphatic carbocycles. The monoisotopic (exact) mass is 333 g/mol. The average molecular weight is 333 g/mol. The lowest BCUT2D eigenvalue weighted by molar-refractivity contribution is -0.156. The normalized spacial score (nSPS) is 15.6. The largest absolute Gasteiger partial charge is 0.483 e. The molecule has 1 heterocycles. The van der Waals surface area contributed by atoms with Crippen LogP contribution in [0.3, 0.4) is 0 Å². The van der Waals surface area contributed by atoms with Crippen LogP contribution in [0.25, 0.3) is 0 Å². The third-order valence-electron chi connectivity index (χ3n) is 3.50. The van der Waals surface area contributed by atoms with E-state index in [2.05, 4.69) is 11.9 Å². The number of benzene rings is 1. The van der Waals surface area contributed by atoms with E-state index in [0.29, 0.717) is 18.0 Å². The minimum absolute atomic E-state index is 0.292. The molecule has 0 saturated carbocycles. The van der Waals surface area contributed by atoms with Gasteiger partial charge in [0.1, 0.15) is 5.60 Å². The molecule has 0 saturated heterocycles. The van der Waals surface area contributed by atoms with Gasteiger partial charge in [-0.3, -0.25) is 4.79 Å². The Kier molecular flexibility index (Phi) is 5.49. The number of nitrogens with one attached hydrogen (secondary N) is 1. The summed E-state index contributed by atoms with van der Waals surface area (Å²) in [5.74, 6) is 0.158. The van der Waals surface area contributed by atoms with Crippen LogP contribution in [0.15, 0.2) is 30.9 Å². The number of hydrogen-bond donors (Lipinski definition) is 1. The Labute approximate surface area is 141 Å². The van der Waals surface area contributed by atoms with E-state index in [4.69, 9.17) is 14.2 Å². The molecule has 24 heavy (non-hydrogen) atoms. The van der Waals surface area contributed by atoms with Gasteiger partial charge in [-0.15, -0.1) is 6.58 Å². The molecule has 0 radical (unpaired) electrons. The molecule has 6 nitrogen and oxygen atoms in total. The van der Waals surface area contributed by atoms with Crippen molar-refractivity contribution in [1.82, 2.24) is 5.32 Å². The third-order valence-corrected chi connectivity index (χ3v) is 3.50. The highest BCUT2D eigenvalue weighted by Gasteiger charge is 2.32. The SMILES string of the molecule is C=CCNC(=O)C(C)OC(=O)COc1cccc2c1OC(C)(C)C2. The molecule has 0 bridgehead atoms. The number of rotatable bonds is 7. The molecule has 6 heteroatoms. The standard InChI is InChI=1S/C18H23NO5/c1-5-9-19-17(21)12(2)23-15(20)11-22-14-8-6-7-13-10-18(3,4)24-16(13)14/h5-8,12H,1,9-11H2,2-4H3,(H,19,21). The number of para-hydroxylation sites is 1. The summed E-state index contributed by atoms with van der Waals surface area (Å²) < 4.78 is 16.4. The van der Waals surface area contributed by atoms with Gasteiger partial charge in [0.25, 0.3) is 5.91 Å². The second-order valence-electron chi connectivity index (χ2n) is 6.24. The first kappa shape index (κ1) is 17.8. The van der Waals surface area contributed by atoms with Gasteiger partial charge in [0, 0.05) is 18.5 Å². The van der Waals surface area contributed by atoms with Crippen LogP contribution in [0.4, 0.5) is 0 Å². The summed E-state index contributed by atoms with van der Waals surface area (Å²) in [6.45, 7) is 9.02. The van der Waals surface area contributed by atoms with Gasteiger partial charge in [-0.2, -0.15) is 0 Å². The summed E-state index contributed by atoms with van der Waals surface area (Å²) in [6.07, 6.45) is 1.44. The molecule has 1 N–H and O–H groups in total. The van der Waals surface area contributed by atoms with Crippen molar-refractivity contribution in [1.29, 1.82) is 0 Å². The maximum absolute atomic E-state index is 11.8. The van der Waals surface area contributed by atoms with Crippen molar-refractivity contribution in [3.8, 4) is 11.5 Å². The van der Waals surface area contributed by atoms with Gasteiger partial charge in [-0.1, -0.05) is 18.2 Å². The Hall–Kier alpha value is -2.50. The highest BCUT2D eigenvalue weighted by Crippen LogP contribution is 2.41. The number of carbonyl (C=O) groups excluding carboxylic acids is 2. The number of hydrogen-bond acceptors (Lipinski definition) is 5. The second kappa shape index (κ2) is 7.38. The lowest BCUT2D eigenvalue weighted by Crippen LogP contribution is -2.36. The number of amides is 1. The predicted octanol–water partition coefficient (Wildman–Crippen LogP) is 2.01. The zero-order chi connectivity index (χ0) is 17.7. The van der Waals surface area contributed by atoms with Crippen LogP contribution >= 0.6 is 0 Å². The molecule has 0 aromatic heterocycles. The summed E-state index contributed by atoms with van der Waals surface area (Å²) in [5.41, 5.74) is 0.753. The maximum atomic E-state index is 11.8. The average Bonchev–Trinajstić information content (AvgIpc) is 2.84. The summed E-state index contributed by atoms with van der Waals surface area (Å²) in [6, 6.07) is 5.57. The molecule has 130 valence electrons. The zero-order valence-corrected chi connectivity index (χ0v) is 14.3. The van der Waals surface area contributed by atoms with E-state index in [1.165, 1.54) is 6.92 Å². The van der Waals surface area contributed by atoms with E-state index in [9.17, 15) is 9.59 Å². The smallest absolute Gasteiger partial charge is 0.344 e. The van der Waals surface area contributed by atoms with Crippen molar-refractivity contribution < 1.29 is 23.8 Å². The minimum Gasteiger partial charge on any atom is -0.483 e. The fraction of sp³-hybridized carbons (Fsp3) is 0.444. The van der Waals surface area contributed by atoms with E-state index < -0.39 is 12.1 Å². The van der Waals surface area contributed by atoms with Crippen LogP contribution in [0.1, 0.15) is 26.3 Å². The first-order chi connectivity index (χ1) is 11.3. The molecule has 2 rings (SSSR count). The number of ether oxygens (including phenoxy) is 3. The molecule has 1 atom stereocenters. The van der Waals surface area contributed by atoms with Crippen LogP contribution in [0.5, 0.6) is 11.5 Å². The zero-order valence-electron chi connectivity index (χ0n) is 14.3. The molecule has 1 amide bonds. The fourth-order valence-corrected chi connectivity index (χ4v) is 2.44. The van der Waals surface area contributed by atoms with Crippen molar-refractivity contribution in [3.63, 3.8) is 0 Å². The number of carbonyl (C=O) groups is 2. The Morgan fingerprint density at radius 1 is 1.46 bits per heavy atom. The van der Waals surface area contributed by atoms with Crippen LogP contribution < -0.4 is 14.8 Å². The van der Waals surface area contributed by atoms with Crippen LogP contribution in [-0.4, -0.2) is 36.7 Å². The van der Waals surface area contributed by atoms with Crippen molar-refractivity contribution >= 4 is 11.9 Å². The van der Waals surface area contributed by atoms with Crippen molar-refractivity contribution in [2.24, 2.45) is 0 Å². The van der Waals surface area contributed by atoms with Gasteiger partial charge in [-0.25, -0.2) is 4.79 Å². The lowest BCUT2D eigenvalue weighted by Gasteiger charge is -2.18. The molecule has 0 spiro atoms. The van der Waals surface area contributed by atoms with Crippen molar-refractivity contribution in [2.75, 3.05) is 13.2 Å². The Balaban J connectivity index is 1.88. The topological polar surface area (TPSA) is 73.9 Å². The molecule has 1 aliphatic heterocycles. The second-order valence-corrected chi connectivity index (χ2v) is 6.24. The highest BCUT2D eigenvalue weighted by molar-refractivity contribution is 5.83. The van der Waals surface area contributed by atoms with Gasteiger partial charge in [-0.05, 0) is 26.8 Å². The summed E-state index contributed by atoms with van der Waals surface area (Å²) in [4.78, 5) is 23.5. The van der Waals surface area contributed by atoms with E-state index >= 15 is 0 Å². The molecule has 1 unspecified atom stereocenters. The molecule has 1 aliphatic rings. The Morgan fingerprint density at radius 2 is 2.21 bits per heavy atom. The van der Waals surface area contributed by atoms with E-state index in [-0.39, 0.29) is 18.1 Å². The van der Waals surface area contributed by atoms with Crippen LogP contribution in [0, 0.1) is 0 Å². The van der Waals surface area contributed by atoms with Crippen molar-refractivity contribution in [3.05, 3.63) is 36.4 Å². The van der Waals surface area contributed by atoms with Crippen molar-refractivity contribution in [2.45, 2.75) is 38.9 Å². The fourth-order valence-electron chi connectivity index (χ4n) is 2.44. The predicted molar refractivity (Wildman–Crippen MR) is 89.1 cm³/mol.